The van der Waals surface area contributed by atoms with Gasteiger partial charge in [-0.2, -0.15) is 0 Å². The Bertz CT molecular complexity index is 996. The lowest BCUT2D eigenvalue weighted by atomic mass is 9.87. The largest absolute Gasteiger partial charge is 0.306 e. The van der Waals surface area contributed by atoms with Crippen molar-refractivity contribution >= 4 is 29.0 Å². The van der Waals surface area contributed by atoms with Crippen molar-refractivity contribution in [2.45, 2.75) is 38.8 Å². The fourth-order valence-corrected chi connectivity index (χ4v) is 3.58. The van der Waals surface area contributed by atoms with E-state index in [-0.39, 0.29) is 35.0 Å². The zero-order valence-electron chi connectivity index (χ0n) is 18.7. The minimum atomic E-state index is -0.228. The van der Waals surface area contributed by atoms with Gasteiger partial charge in [0.25, 0.3) is 0 Å². The van der Waals surface area contributed by atoms with Crippen LogP contribution in [-0.4, -0.2) is 67.4 Å². The Labute approximate surface area is 178 Å². The molecule has 0 radical (unpaired) electrons. The molecule has 5 heteroatoms. The second-order valence-electron chi connectivity index (χ2n) is 8.73. The molecule has 0 fully saturated rings. The van der Waals surface area contributed by atoms with Gasteiger partial charge in [-0.1, -0.05) is 18.2 Å². The number of benzene rings is 1. The lowest BCUT2D eigenvalue weighted by molar-refractivity contribution is -0.120. The van der Waals surface area contributed by atoms with Crippen LogP contribution in [0.5, 0.6) is 0 Å². The first-order valence-corrected chi connectivity index (χ1v) is 10.3. The number of Topliss-reactive ketones (excluding diaryl/α,β-unsaturated/α-hetero) is 3. The summed E-state index contributed by atoms with van der Waals surface area (Å²) in [6, 6.07) is 5.80. The van der Waals surface area contributed by atoms with E-state index in [9.17, 15) is 14.4 Å². The van der Waals surface area contributed by atoms with Crippen LogP contribution >= 0.6 is 0 Å². The van der Waals surface area contributed by atoms with Gasteiger partial charge in [-0.3, -0.25) is 14.4 Å². The van der Waals surface area contributed by atoms with Crippen LogP contribution in [-0.2, 0) is 9.59 Å². The molecule has 0 aliphatic heterocycles. The Morgan fingerprint density at radius 3 is 2.07 bits per heavy atom. The van der Waals surface area contributed by atoms with E-state index in [4.69, 9.17) is 0 Å². The maximum Gasteiger partial charge on any atom is 0.197 e. The van der Waals surface area contributed by atoms with E-state index in [0.717, 1.165) is 16.7 Å². The van der Waals surface area contributed by atoms with Crippen LogP contribution in [0.1, 0.15) is 48.2 Å². The lowest BCUT2D eigenvalue weighted by Crippen LogP contribution is -2.29. The van der Waals surface area contributed by atoms with Gasteiger partial charge in [-0.15, -0.1) is 0 Å². The molecular weight excluding hydrogens is 376 g/mol. The van der Waals surface area contributed by atoms with E-state index in [2.05, 4.69) is 0 Å². The molecule has 0 amide bonds. The van der Waals surface area contributed by atoms with Crippen molar-refractivity contribution in [2.75, 3.05) is 28.2 Å². The Morgan fingerprint density at radius 1 is 0.867 bits per heavy atom. The van der Waals surface area contributed by atoms with Gasteiger partial charge in [-0.05, 0) is 77.0 Å². The number of nitrogens with zero attached hydrogens (tertiary/aromatic N) is 2. The average molecular weight is 407 g/mol. The van der Waals surface area contributed by atoms with Gasteiger partial charge in [0.15, 0.2) is 17.3 Å². The van der Waals surface area contributed by atoms with Crippen LogP contribution < -0.4 is 0 Å². The number of carbonyl (C=O) groups is 3. The monoisotopic (exact) mass is 406 g/mol. The number of allylic oxidation sites excluding steroid dienone is 5. The molecule has 1 aromatic carbocycles. The summed E-state index contributed by atoms with van der Waals surface area (Å²) in [4.78, 5) is 42.3. The predicted molar refractivity (Wildman–Crippen MR) is 120 cm³/mol. The van der Waals surface area contributed by atoms with Gasteiger partial charge in [0.1, 0.15) is 0 Å². The molecule has 30 heavy (non-hydrogen) atoms. The molecule has 0 aromatic heterocycles. The van der Waals surface area contributed by atoms with Crippen molar-refractivity contribution < 1.29 is 14.4 Å². The second kappa shape index (κ2) is 8.62. The molecule has 2 unspecified atom stereocenters. The number of carbonyl (C=O) groups excluding carboxylic acids is 3. The maximum absolute atomic E-state index is 13.0. The van der Waals surface area contributed by atoms with Crippen LogP contribution in [0.3, 0.4) is 0 Å². The Morgan fingerprint density at radius 2 is 1.47 bits per heavy atom. The fourth-order valence-electron chi connectivity index (χ4n) is 3.58. The van der Waals surface area contributed by atoms with Crippen LogP contribution in [0, 0.1) is 0 Å². The standard InChI is InChI=1S/C25H30N2O3/c1-15(26(3)4)11-23(28)17-7-8-19-18(13-17)14-22-20(19)9-10-21(25(22)30)24(29)12-16(2)27(5)6/h7-10,13-16H,11-12H2,1-6H3. The van der Waals surface area contributed by atoms with E-state index in [0.29, 0.717) is 24.0 Å². The van der Waals surface area contributed by atoms with Crippen LogP contribution in [0.25, 0.3) is 11.6 Å². The van der Waals surface area contributed by atoms with Crippen LogP contribution in [0.15, 0.2) is 41.5 Å². The normalized spacial score (nSPS) is 17.2. The van der Waals surface area contributed by atoms with Gasteiger partial charge in [0.2, 0.25) is 0 Å². The summed E-state index contributed by atoms with van der Waals surface area (Å²) in [5.41, 5.74) is 4.04. The van der Waals surface area contributed by atoms with Crippen molar-refractivity contribution in [3.05, 3.63) is 58.2 Å². The van der Waals surface area contributed by atoms with Crippen molar-refractivity contribution in [1.29, 1.82) is 0 Å². The summed E-state index contributed by atoms with van der Waals surface area (Å²) in [7, 11) is 7.75. The zero-order valence-corrected chi connectivity index (χ0v) is 18.7. The molecule has 158 valence electrons. The van der Waals surface area contributed by atoms with E-state index in [1.807, 2.05) is 82.2 Å². The SMILES string of the molecule is CC(CC(=O)C1=CC=C2C(=Cc3cc(C(=O)CC(C)N(C)C)ccc32)C1=O)N(C)C. The highest BCUT2D eigenvalue weighted by Crippen LogP contribution is 2.40. The topological polar surface area (TPSA) is 57.7 Å². The maximum atomic E-state index is 13.0. The van der Waals surface area contributed by atoms with E-state index >= 15 is 0 Å². The third-order valence-corrected chi connectivity index (χ3v) is 6.18. The summed E-state index contributed by atoms with van der Waals surface area (Å²) in [5.74, 6) is -0.282. The number of fused-ring (bicyclic) bond motifs is 3. The molecule has 0 heterocycles. The predicted octanol–water partition coefficient (Wildman–Crippen LogP) is 3.41. The highest BCUT2D eigenvalue weighted by molar-refractivity contribution is 6.35. The summed E-state index contributed by atoms with van der Waals surface area (Å²) in [5, 5.41) is 0. The quantitative estimate of drug-likeness (QED) is 0.489. The van der Waals surface area contributed by atoms with Crippen molar-refractivity contribution in [2.24, 2.45) is 0 Å². The summed E-state index contributed by atoms with van der Waals surface area (Å²) < 4.78 is 0. The fraction of sp³-hybridized carbons (Fsp3) is 0.400. The first kappa shape index (κ1) is 22.1. The molecular formula is C25H30N2O3. The average Bonchev–Trinajstić information content (AvgIpc) is 3.06. The lowest BCUT2D eigenvalue weighted by Gasteiger charge is -2.20. The molecule has 0 bridgehead atoms. The number of ketones is 3. The van der Waals surface area contributed by atoms with E-state index < -0.39 is 0 Å². The Hall–Kier alpha value is -2.63. The van der Waals surface area contributed by atoms with Crippen molar-refractivity contribution in [1.82, 2.24) is 9.80 Å². The van der Waals surface area contributed by atoms with Crippen LogP contribution in [0.2, 0.25) is 0 Å². The van der Waals surface area contributed by atoms with Gasteiger partial charge in [-0.25, -0.2) is 0 Å². The zero-order chi connectivity index (χ0) is 22.2. The van der Waals surface area contributed by atoms with Gasteiger partial charge >= 0.3 is 0 Å². The highest BCUT2D eigenvalue weighted by Gasteiger charge is 2.32. The number of hydrogen-bond acceptors (Lipinski definition) is 5. The third-order valence-electron chi connectivity index (χ3n) is 6.18. The smallest absolute Gasteiger partial charge is 0.197 e. The Kier molecular flexibility index (Phi) is 6.34. The van der Waals surface area contributed by atoms with Gasteiger partial charge < -0.3 is 9.80 Å². The second-order valence-corrected chi connectivity index (χ2v) is 8.73. The first-order chi connectivity index (χ1) is 14.1. The minimum Gasteiger partial charge on any atom is -0.306 e. The number of hydrogen-bond donors (Lipinski definition) is 0. The summed E-state index contributed by atoms with van der Waals surface area (Å²) in [6.45, 7) is 3.99. The molecule has 0 spiro atoms. The molecule has 0 saturated heterocycles. The van der Waals surface area contributed by atoms with Crippen molar-refractivity contribution in [3.8, 4) is 0 Å². The molecule has 0 saturated carbocycles. The van der Waals surface area contributed by atoms with E-state index in [1.54, 1.807) is 6.08 Å². The van der Waals surface area contributed by atoms with E-state index in [1.165, 1.54) is 0 Å². The molecule has 2 atom stereocenters. The first-order valence-electron chi connectivity index (χ1n) is 10.3. The van der Waals surface area contributed by atoms with Crippen molar-refractivity contribution in [3.63, 3.8) is 0 Å². The molecule has 3 rings (SSSR count). The minimum absolute atomic E-state index is 0.0597. The molecule has 2 aliphatic carbocycles. The summed E-state index contributed by atoms with van der Waals surface area (Å²) >= 11 is 0. The summed E-state index contributed by atoms with van der Waals surface area (Å²) in [6.07, 6.45) is 6.05. The third kappa shape index (κ3) is 4.27. The molecule has 0 N–H and O–H groups in total. The highest BCUT2D eigenvalue weighted by atomic mass is 16.1. The number of rotatable bonds is 8. The van der Waals surface area contributed by atoms with Gasteiger partial charge in [0, 0.05) is 36.1 Å². The Balaban J connectivity index is 1.83. The molecule has 2 aliphatic rings. The van der Waals surface area contributed by atoms with Crippen LogP contribution in [0.4, 0.5) is 0 Å². The van der Waals surface area contributed by atoms with Gasteiger partial charge in [0.05, 0.1) is 5.57 Å². The molecule has 1 aromatic rings. The molecule has 5 nitrogen and oxygen atoms in total.